The van der Waals surface area contributed by atoms with Crippen molar-refractivity contribution in [2.75, 3.05) is 151 Å². The molecule has 25 heteroatoms. The summed E-state index contributed by atoms with van der Waals surface area (Å²) in [5.74, 6) is -4.56. The molecule has 12 N–H and O–H groups in total. The Bertz CT molecular complexity index is 1480. The minimum atomic E-state index is -1.22. The van der Waals surface area contributed by atoms with Crippen LogP contribution in [0.3, 0.4) is 0 Å². The van der Waals surface area contributed by atoms with Crippen LogP contribution in [0.4, 0.5) is 0 Å². The number of hydrogen-bond acceptors (Lipinski definition) is 15. The molecule has 0 spiro atoms. The van der Waals surface area contributed by atoms with Crippen molar-refractivity contribution >= 4 is 58.9 Å². The summed E-state index contributed by atoms with van der Waals surface area (Å²) < 4.78 is 0.423. The standard InChI is InChI=1S/C40H75ClN12O12/c1-4-14-51(26-30(54)24-41)15-9-45-34(58)21-35(59)46-10-16-52(27-31(55)25-50(2)3)17-11-47-36(60)22-38(62)49-13-19-53(28-32(56)29-53)18-12-48-37(61)20-33(57)43-7-5-42-6-8-44-39(63)23-40(64)65/h30-32,42,54-56H,4-29H2,1-3H3,(H7-,43,44,45,46,47,48,49,57,58,59,60,61,62,63,64,65)/p+1. The van der Waals surface area contributed by atoms with Gasteiger partial charge in [0, 0.05) is 91.0 Å². The number of likely N-dealkylation sites (N-methyl/N-ethyl adjacent to an activating group) is 1. The van der Waals surface area contributed by atoms with Gasteiger partial charge >= 0.3 is 5.97 Å². The van der Waals surface area contributed by atoms with Crippen molar-refractivity contribution < 1.29 is 63.3 Å². The van der Waals surface area contributed by atoms with Crippen molar-refractivity contribution in [3.8, 4) is 0 Å². The molecule has 24 nitrogen and oxygen atoms in total. The summed E-state index contributed by atoms with van der Waals surface area (Å²) in [5.41, 5.74) is 0. The number of carbonyl (C=O) groups excluding carboxylic acids is 7. The number of aliphatic hydroxyl groups is 3. The second-order valence-corrected chi connectivity index (χ2v) is 16.7. The van der Waals surface area contributed by atoms with Crippen LogP contribution in [-0.2, 0) is 38.4 Å². The highest BCUT2D eigenvalue weighted by Gasteiger charge is 2.42. The first-order valence-corrected chi connectivity index (χ1v) is 22.7. The Morgan fingerprint density at radius 3 is 1.29 bits per heavy atom. The Balaban J connectivity index is 2.39. The second kappa shape index (κ2) is 34.1. The number of carbonyl (C=O) groups is 8. The largest absolute Gasteiger partial charge is 0.481 e. The monoisotopic (exact) mass is 952 g/mol. The molecule has 0 aromatic carbocycles. The van der Waals surface area contributed by atoms with E-state index in [-0.39, 0.29) is 64.5 Å². The van der Waals surface area contributed by atoms with E-state index in [0.29, 0.717) is 83.0 Å². The molecule has 2 atom stereocenters. The molecule has 0 aromatic rings. The highest BCUT2D eigenvalue weighted by atomic mass is 35.5. The van der Waals surface area contributed by atoms with Crippen molar-refractivity contribution in [3.63, 3.8) is 0 Å². The van der Waals surface area contributed by atoms with Crippen LogP contribution in [0.1, 0.15) is 39.0 Å². The number of carboxylic acids is 1. The summed E-state index contributed by atoms with van der Waals surface area (Å²) in [7, 11) is 3.65. The topological polar surface area (TPSA) is 323 Å². The molecular formula is C40H76ClN12O12+. The highest BCUT2D eigenvalue weighted by Crippen LogP contribution is 2.19. The lowest BCUT2D eigenvalue weighted by atomic mass is 10.1. The van der Waals surface area contributed by atoms with Gasteiger partial charge in [-0.15, -0.1) is 11.6 Å². The van der Waals surface area contributed by atoms with Crippen LogP contribution in [0, 0.1) is 0 Å². The maximum atomic E-state index is 12.6. The molecule has 0 bridgehead atoms. The van der Waals surface area contributed by atoms with Gasteiger partial charge in [-0.3, -0.25) is 48.2 Å². The van der Waals surface area contributed by atoms with E-state index in [4.69, 9.17) is 16.7 Å². The van der Waals surface area contributed by atoms with Crippen LogP contribution in [0.25, 0.3) is 0 Å². The summed E-state index contributed by atoms with van der Waals surface area (Å²) in [4.78, 5) is 102. The number of aliphatic hydroxyl groups excluding tert-OH is 3. The number of nitrogens with zero attached hydrogens (tertiary/aromatic N) is 4. The van der Waals surface area contributed by atoms with Gasteiger partial charge in [0.15, 0.2) is 6.10 Å². The van der Waals surface area contributed by atoms with E-state index >= 15 is 0 Å². The molecule has 1 rings (SSSR count). The normalized spacial score (nSPS) is 16.6. The average molecular weight is 953 g/mol. The van der Waals surface area contributed by atoms with Crippen LogP contribution in [0.2, 0.25) is 0 Å². The van der Waals surface area contributed by atoms with E-state index in [1.54, 1.807) is 0 Å². The van der Waals surface area contributed by atoms with Crippen LogP contribution < -0.4 is 42.5 Å². The number of likely N-dealkylation sites (tertiary alicyclic amines) is 1. The molecule has 374 valence electrons. The second-order valence-electron chi connectivity index (χ2n) is 16.4. The Morgan fingerprint density at radius 1 is 0.554 bits per heavy atom. The Labute approximate surface area is 386 Å². The van der Waals surface area contributed by atoms with Gasteiger partial charge in [0.2, 0.25) is 41.4 Å². The van der Waals surface area contributed by atoms with Crippen molar-refractivity contribution in [3.05, 3.63) is 0 Å². The van der Waals surface area contributed by atoms with Gasteiger partial charge in [0.1, 0.15) is 38.8 Å². The Morgan fingerprint density at radius 2 is 0.923 bits per heavy atom. The van der Waals surface area contributed by atoms with Crippen LogP contribution in [0.5, 0.6) is 0 Å². The Kier molecular flexibility index (Phi) is 30.8. The molecule has 1 saturated heterocycles. The smallest absolute Gasteiger partial charge is 0.312 e. The van der Waals surface area contributed by atoms with Gasteiger partial charge in [-0.2, -0.15) is 0 Å². The van der Waals surface area contributed by atoms with Crippen LogP contribution >= 0.6 is 11.6 Å². The molecule has 0 radical (unpaired) electrons. The zero-order valence-corrected chi connectivity index (χ0v) is 39.1. The molecule has 1 aliphatic heterocycles. The summed E-state index contributed by atoms with van der Waals surface area (Å²) in [6.45, 7) is 8.93. The number of hydrogen-bond donors (Lipinski definition) is 12. The lowest BCUT2D eigenvalue weighted by Gasteiger charge is -2.48. The van der Waals surface area contributed by atoms with E-state index < -0.39 is 78.5 Å². The fourth-order valence-electron chi connectivity index (χ4n) is 6.99. The molecule has 1 fully saturated rings. The summed E-state index contributed by atoms with van der Waals surface area (Å²) in [5, 5.41) is 60.6. The van der Waals surface area contributed by atoms with Gasteiger partial charge in [0.25, 0.3) is 0 Å². The summed E-state index contributed by atoms with van der Waals surface area (Å²) in [6.07, 6.45) is -2.83. The third-order valence-electron chi connectivity index (χ3n) is 10.0. The van der Waals surface area contributed by atoms with Crippen LogP contribution in [-0.4, -0.2) is 256 Å². The predicted octanol–water partition coefficient (Wildman–Crippen LogP) is -6.24. The minimum absolute atomic E-state index is 0.113. The molecular weight excluding hydrogens is 876 g/mol. The third-order valence-corrected chi connectivity index (χ3v) is 10.4. The summed E-state index contributed by atoms with van der Waals surface area (Å²) >= 11 is 5.71. The third kappa shape index (κ3) is 30.5. The van der Waals surface area contributed by atoms with Gasteiger partial charge in [-0.05, 0) is 27.1 Å². The first-order chi connectivity index (χ1) is 30.8. The van der Waals surface area contributed by atoms with Crippen LogP contribution in [0.15, 0.2) is 0 Å². The number of nitrogens with one attached hydrogen (secondary N) is 8. The van der Waals surface area contributed by atoms with E-state index in [9.17, 15) is 53.7 Å². The highest BCUT2D eigenvalue weighted by molar-refractivity contribution is 6.18. The number of alkyl halides is 1. The van der Waals surface area contributed by atoms with Gasteiger partial charge in [-0.25, -0.2) is 0 Å². The summed E-state index contributed by atoms with van der Waals surface area (Å²) in [6, 6.07) is 0. The molecule has 2 unspecified atom stereocenters. The molecule has 0 saturated carbocycles. The molecule has 0 aromatic heterocycles. The number of amides is 7. The van der Waals surface area contributed by atoms with E-state index in [0.717, 1.165) is 13.0 Å². The molecule has 1 heterocycles. The van der Waals surface area contributed by atoms with E-state index in [2.05, 4.69) is 42.5 Å². The van der Waals surface area contributed by atoms with Crippen molar-refractivity contribution in [2.45, 2.75) is 57.3 Å². The molecule has 1 aliphatic rings. The lowest BCUT2D eigenvalue weighted by molar-refractivity contribution is -0.970. The van der Waals surface area contributed by atoms with Crippen molar-refractivity contribution in [2.24, 2.45) is 0 Å². The average Bonchev–Trinajstić information content (AvgIpc) is 3.19. The number of halogens is 1. The number of quaternary nitrogens is 1. The maximum Gasteiger partial charge on any atom is 0.312 e. The van der Waals surface area contributed by atoms with E-state index in [1.165, 1.54) is 0 Å². The number of carboxylic acid groups (broad SMARTS) is 1. The van der Waals surface area contributed by atoms with Gasteiger partial charge in [-0.1, -0.05) is 6.92 Å². The fourth-order valence-corrected chi connectivity index (χ4v) is 7.09. The number of aliphatic carboxylic acids is 1. The minimum Gasteiger partial charge on any atom is -0.481 e. The molecule has 7 amide bonds. The van der Waals surface area contributed by atoms with Gasteiger partial charge in [0.05, 0.1) is 38.4 Å². The molecule has 65 heavy (non-hydrogen) atoms. The Hall–Kier alpha value is -4.27. The first-order valence-electron chi connectivity index (χ1n) is 22.2. The first kappa shape index (κ1) is 58.7. The fraction of sp³-hybridized carbons (Fsp3) is 0.800. The van der Waals surface area contributed by atoms with Crippen molar-refractivity contribution in [1.29, 1.82) is 0 Å². The zero-order chi connectivity index (χ0) is 48.6. The van der Waals surface area contributed by atoms with Crippen molar-refractivity contribution in [1.82, 2.24) is 57.2 Å². The SMILES string of the molecule is CCCN(CCNC(=O)CC(=O)NCCN(CCNC(=O)CC(=O)NCC[N+]1(CCNC(=O)CC(=O)NCCNCCNC(=O)CC(=O)O)CC(O)C1)CC(O)CN(C)C)CC(O)CCl. The molecule has 0 aliphatic carbocycles. The predicted molar refractivity (Wildman–Crippen MR) is 240 cm³/mol. The lowest BCUT2D eigenvalue weighted by Crippen LogP contribution is -2.69. The maximum absolute atomic E-state index is 12.6. The quantitative estimate of drug-likeness (QED) is 0.0119. The van der Waals surface area contributed by atoms with E-state index in [1.807, 2.05) is 35.7 Å². The number of rotatable bonds is 38. The van der Waals surface area contributed by atoms with Gasteiger partial charge < -0.3 is 72.3 Å². The zero-order valence-electron chi connectivity index (χ0n) is 38.3.